The molecular formula is C20H16ClFN2O4S. The molecule has 2 N–H and O–H groups in total. The molecular weight excluding hydrogens is 419 g/mol. The number of carbonyl (C=O) groups is 1. The van der Waals surface area contributed by atoms with E-state index in [0.717, 1.165) is 6.07 Å². The van der Waals surface area contributed by atoms with Crippen molar-refractivity contribution in [3.8, 4) is 5.75 Å². The van der Waals surface area contributed by atoms with E-state index in [2.05, 4.69) is 10.0 Å². The van der Waals surface area contributed by atoms with E-state index in [4.69, 9.17) is 16.3 Å². The van der Waals surface area contributed by atoms with E-state index in [-0.39, 0.29) is 16.5 Å². The molecule has 3 aromatic rings. The maximum absolute atomic E-state index is 13.1. The zero-order valence-corrected chi connectivity index (χ0v) is 16.5. The molecule has 0 bridgehead atoms. The number of hydrogen-bond acceptors (Lipinski definition) is 4. The lowest BCUT2D eigenvalue weighted by Gasteiger charge is -2.10. The molecule has 0 saturated heterocycles. The standard InChI is InChI=1S/C20H16ClFN2O4S/c21-18-12-15(6-11-19(18)22)23-20(25)13-28-16-7-9-17(10-8-16)29(26,27)24-14-4-2-1-3-5-14/h1-12,24H,13H2,(H,23,25). The summed E-state index contributed by atoms with van der Waals surface area (Å²) in [5.74, 6) is -0.747. The zero-order chi connectivity index (χ0) is 20.9. The van der Waals surface area contributed by atoms with E-state index in [0.29, 0.717) is 17.1 Å². The third-order valence-corrected chi connectivity index (χ3v) is 5.42. The van der Waals surface area contributed by atoms with Gasteiger partial charge < -0.3 is 10.1 Å². The van der Waals surface area contributed by atoms with E-state index in [9.17, 15) is 17.6 Å². The Bertz CT molecular complexity index is 1110. The fraction of sp³-hybridized carbons (Fsp3) is 0.0500. The molecule has 0 spiro atoms. The number of rotatable bonds is 7. The van der Waals surface area contributed by atoms with Gasteiger partial charge in [0.25, 0.3) is 15.9 Å². The zero-order valence-electron chi connectivity index (χ0n) is 14.9. The molecule has 0 aliphatic heterocycles. The molecule has 29 heavy (non-hydrogen) atoms. The van der Waals surface area contributed by atoms with Crippen molar-refractivity contribution < 1.29 is 22.3 Å². The van der Waals surface area contributed by atoms with Crippen molar-refractivity contribution in [2.75, 3.05) is 16.6 Å². The highest BCUT2D eigenvalue weighted by atomic mass is 35.5. The number of benzene rings is 3. The molecule has 0 aliphatic carbocycles. The summed E-state index contributed by atoms with van der Waals surface area (Å²) >= 11 is 5.66. The molecule has 0 atom stereocenters. The van der Waals surface area contributed by atoms with Crippen molar-refractivity contribution >= 4 is 38.9 Å². The van der Waals surface area contributed by atoms with Crippen LogP contribution in [0.5, 0.6) is 5.75 Å². The van der Waals surface area contributed by atoms with Crippen LogP contribution in [0, 0.1) is 5.82 Å². The van der Waals surface area contributed by atoms with Gasteiger partial charge in [-0.2, -0.15) is 0 Å². The number of para-hydroxylation sites is 1. The number of carbonyl (C=O) groups excluding carboxylic acids is 1. The summed E-state index contributed by atoms with van der Waals surface area (Å²) in [5, 5.41) is 2.42. The van der Waals surface area contributed by atoms with Crippen LogP contribution in [0.3, 0.4) is 0 Å². The first-order valence-corrected chi connectivity index (χ1v) is 10.3. The van der Waals surface area contributed by atoms with E-state index in [1.54, 1.807) is 30.3 Å². The molecule has 0 fully saturated rings. The molecule has 0 heterocycles. The highest BCUT2D eigenvalue weighted by Gasteiger charge is 2.14. The van der Waals surface area contributed by atoms with E-state index < -0.39 is 21.7 Å². The van der Waals surface area contributed by atoms with Gasteiger partial charge in [-0.3, -0.25) is 9.52 Å². The number of sulfonamides is 1. The van der Waals surface area contributed by atoms with Gasteiger partial charge in [0.2, 0.25) is 0 Å². The average molecular weight is 435 g/mol. The van der Waals surface area contributed by atoms with Crippen molar-refractivity contribution in [3.63, 3.8) is 0 Å². The molecule has 150 valence electrons. The Balaban J connectivity index is 1.57. The Morgan fingerprint density at radius 3 is 2.31 bits per heavy atom. The summed E-state index contributed by atoms with van der Waals surface area (Å²) in [7, 11) is -3.74. The molecule has 0 unspecified atom stereocenters. The lowest BCUT2D eigenvalue weighted by molar-refractivity contribution is -0.118. The lowest BCUT2D eigenvalue weighted by atomic mass is 10.3. The highest BCUT2D eigenvalue weighted by Crippen LogP contribution is 2.21. The van der Waals surface area contributed by atoms with Crippen molar-refractivity contribution in [1.82, 2.24) is 0 Å². The Morgan fingerprint density at radius 1 is 0.966 bits per heavy atom. The molecule has 3 aromatic carbocycles. The topological polar surface area (TPSA) is 84.5 Å². The second-order valence-corrected chi connectivity index (χ2v) is 8.00. The number of halogens is 2. The van der Waals surface area contributed by atoms with Crippen LogP contribution >= 0.6 is 11.6 Å². The van der Waals surface area contributed by atoms with Crippen LogP contribution in [-0.4, -0.2) is 20.9 Å². The fourth-order valence-electron chi connectivity index (χ4n) is 2.36. The fourth-order valence-corrected chi connectivity index (χ4v) is 3.59. The van der Waals surface area contributed by atoms with Gasteiger partial charge in [0.15, 0.2) is 6.61 Å². The second kappa shape index (κ2) is 8.93. The maximum Gasteiger partial charge on any atom is 0.262 e. The largest absolute Gasteiger partial charge is 0.484 e. The minimum absolute atomic E-state index is 0.0547. The number of amides is 1. The number of ether oxygens (including phenoxy) is 1. The lowest BCUT2D eigenvalue weighted by Crippen LogP contribution is -2.20. The van der Waals surface area contributed by atoms with Crippen LogP contribution in [0.25, 0.3) is 0 Å². The third-order valence-electron chi connectivity index (χ3n) is 3.73. The normalized spacial score (nSPS) is 11.0. The first-order valence-electron chi connectivity index (χ1n) is 8.39. The van der Waals surface area contributed by atoms with Crippen LogP contribution in [-0.2, 0) is 14.8 Å². The van der Waals surface area contributed by atoms with Crippen molar-refractivity contribution in [2.24, 2.45) is 0 Å². The van der Waals surface area contributed by atoms with Gasteiger partial charge in [-0.15, -0.1) is 0 Å². The highest BCUT2D eigenvalue weighted by molar-refractivity contribution is 7.92. The Labute approximate surface area is 172 Å². The van der Waals surface area contributed by atoms with Gasteiger partial charge in [-0.1, -0.05) is 29.8 Å². The van der Waals surface area contributed by atoms with Crippen LogP contribution in [0.15, 0.2) is 77.7 Å². The van der Waals surface area contributed by atoms with Gasteiger partial charge >= 0.3 is 0 Å². The smallest absolute Gasteiger partial charge is 0.262 e. The van der Waals surface area contributed by atoms with Gasteiger partial charge in [0.05, 0.1) is 9.92 Å². The van der Waals surface area contributed by atoms with Gasteiger partial charge in [-0.25, -0.2) is 12.8 Å². The summed E-state index contributed by atoms with van der Waals surface area (Å²) in [5.41, 5.74) is 0.781. The van der Waals surface area contributed by atoms with Crippen molar-refractivity contribution in [1.29, 1.82) is 0 Å². The van der Waals surface area contributed by atoms with Gasteiger partial charge in [0.1, 0.15) is 11.6 Å². The van der Waals surface area contributed by atoms with Crippen LogP contribution in [0.4, 0.5) is 15.8 Å². The molecule has 1 amide bonds. The molecule has 6 nitrogen and oxygen atoms in total. The quantitative estimate of drug-likeness (QED) is 0.580. The van der Waals surface area contributed by atoms with E-state index >= 15 is 0 Å². The molecule has 3 rings (SSSR count). The summed E-state index contributed by atoms with van der Waals surface area (Å²) in [6.07, 6.45) is 0. The minimum Gasteiger partial charge on any atom is -0.484 e. The van der Waals surface area contributed by atoms with E-state index in [1.165, 1.54) is 36.4 Å². The first kappa shape index (κ1) is 20.6. The predicted octanol–water partition coefficient (Wildman–Crippen LogP) is 4.30. The van der Waals surface area contributed by atoms with E-state index in [1.807, 2.05) is 0 Å². The molecule has 0 saturated carbocycles. The Hall–Kier alpha value is -3.10. The number of anilines is 2. The predicted molar refractivity (Wildman–Crippen MR) is 109 cm³/mol. The van der Waals surface area contributed by atoms with Crippen LogP contribution < -0.4 is 14.8 Å². The molecule has 0 aromatic heterocycles. The molecule has 0 aliphatic rings. The summed E-state index contributed by atoms with van der Waals surface area (Å²) < 4.78 is 45.7. The first-order chi connectivity index (χ1) is 13.8. The second-order valence-electron chi connectivity index (χ2n) is 5.91. The Morgan fingerprint density at radius 2 is 1.66 bits per heavy atom. The third kappa shape index (κ3) is 5.69. The average Bonchev–Trinajstić information content (AvgIpc) is 2.70. The minimum atomic E-state index is -3.74. The Kier molecular flexibility index (Phi) is 6.36. The van der Waals surface area contributed by atoms with Crippen molar-refractivity contribution in [2.45, 2.75) is 4.90 Å². The van der Waals surface area contributed by atoms with Crippen LogP contribution in [0.2, 0.25) is 5.02 Å². The summed E-state index contributed by atoms with van der Waals surface area (Å²) in [4.78, 5) is 12.0. The van der Waals surface area contributed by atoms with Gasteiger partial charge in [-0.05, 0) is 54.6 Å². The number of nitrogens with one attached hydrogen (secondary N) is 2. The maximum atomic E-state index is 13.1. The molecule has 9 heteroatoms. The summed E-state index contributed by atoms with van der Waals surface area (Å²) in [6, 6.07) is 17.9. The summed E-state index contributed by atoms with van der Waals surface area (Å²) in [6.45, 7) is -0.316. The molecule has 0 radical (unpaired) electrons. The monoisotopic (exact) mass is 434 g/mol. The number of hydrogen-bond donors (Lipinski definition) is 2. The van der Waals surface area contributed by atoms with Crippen LogP contribution in [0.1, 0.15) is 0 Å². The van der Waals surface area contributed by atoms with Gasteiger partial charge in [0, 0.05) is 11.4 Å². The SMILES string of the molecule is O=C(COc1ccc(S(=O)(=O)Nc2ccccc2)cc1)Nc1ccc(F)c(Cl)c1. The van der Waals surface area contributed by atoms with Crippen molar-refractivity contribution in [3.05, 3.63) is 83.6 Å².